The van der Waals surface area contributed by atoms with Crippen LogP contribution in [0.5, 0.6) is 0 Å². The molecule has 0 aliphatic carbocycles. The van der Waals surface area contributed by atoms with Gasteiger partial charge in [0.2, 0.25) is 0 Å². The molecule has 2 atom stereocenters. The molecule has 0 aliphatic rings. The van der Waals surface area contributed by atoms with Gasteiger partial charge in [0.15, 0.2) is 0 Å². The lowest BCUT2D eigenvalue weighted by Crippen LogP contribution is -2.18. The third kappa shape index (κ3) is 19.2. The molecule has 0 saturated carbocycles. The van der Waals surface area contributed by atoms with Crippen molar-refractivity contribution in [1.29, 1.82) is 0 Å². The van der Waals surface area contributed by atoms with Crippen LogP contribution in [0.2, 0.25) is 0 Å². The monoisotopic (exact) mass is 414 g/mol. The van der Waals surface area contributed by atoms with Gasteiger partial charge in [-0.2, -0.15) is 0 Å². The lowest BCUT2D eigenvalue weighted by Gasteiger charge is -2.19. The van der Waals surface area contributed by atoms with Crippen molar-refractivity contribution in [2.24, 2.45) is 11.8 Å². The Labute approximate surface area is 184 Å². The molecule has 0 aromatic rings. The van der Waals surface area contributed by atoms with Crippen molar-refractivity contribution in [3.8, 4) is 0 Å². The van der Waals surface area contributed by atoms with Gasteiger partial charge in [-0.3, -0.25) is 4.79 Å². The Balaban J connectivity index is 4.27. The van der Waals surface area contributed by atoms with E-state index in [1.165, 1.54) is 0 Å². The minimum absolute atomic E-state index is 0.189. The average Bonchev–Trinajstić information content (AvgIpc) is 2.70. The molecule has 3 nitrogen and oxygen atoms in total. The summed E-state index contributed by atoms with van der Waals surface area (Å²) in [6.07, 6.45) is 30.6. The van der Waals surface area contributed by atoms with Gasteiger partial charge in [-0.05, 0) is 44.4 Å². The summed E-state index contributed by atoms with van der Waals surface area (Å²) in [5.74, 6) is 0.0784. The summed E-state index contributed by atoms with van der Waals surface area (Å²) >= 11 is 0. The molecule has 0 amide bonds. The van der Waals surface area contributed by atoms with E-state index < -0.39 is 5.97 Å². The highest BCUT2D eigenvalue weighted by atomic mass is 16.4. The predicted molar refractivity (Wildman–Crippen MR) is 129 cm³/mol. The molecule has 0 saturated heterocycles. The molecule has 0 aromatic heterocycles. The normalized spacial score (nSPS) is 15.2. The fourth-order valence-electron chi connectivity index (χ4n) is 2.78. The van der Waals surface area contributed by atoms with E-state index in [2.05, 4.69) is 57.2 Å². The summed E-state index contributed by atoms with van der Waals surface area (Å²) in [4.78, 5) is 10.4. The number of hydrogen-bond acceptors (Lipinski definition) is 2. The van der Waals surface area contributed by atoms with Crippen LogP contribution < -0.4 is 0 Å². The van der Waals surface area contributed by atoms with Gasteiger partial charge in [0.05, 0.1) is 6.10 Å². The SMILES string of the molecule is CC/C=C\CC(O)C(/C=C/C=C/C=C\C/C=C\C/C=C\CCC(=O)O)CCC(C)C. The zero-order valence-electron chi connectivity index (χ0n) is 19.1. The highest BCUT2D eigenvalue weighted by Gasteiger charge is 2.15. The summed E-state index contributed by atoms with van der Waals surface area (Å²) in [5.41, 5.74) is 0. The molecule has 2 N–H and O–H groups in total. The van der Waals surface area contributed by atoms with Crippen LogP contribution in [-0.4, -0.2) is 22.3 Å². The quantitative estimate of drug-likeness (QED) is 0.196. The third-order valence-corrected chi connectivity index (χ3v) is 4.58. The van der Waals surface area contributed by atoms with Crippen molar-refractivity contribution in [3.63, 3.8) is 0 Å². The van der Waals surface area contributed by atoms with E-state index >= 15 is 0 Å². The Morgan fingerprint density at radius 1 is 0.833 bits per heavy atom. The van der Waals surface area contributed by atoms with E-state index in [-0.39, 0.29) is 18.4 Å². The average molecular weight is 415 g/mol. The van der Waals surface area contributed by atoms with Crippen molar-refractivity contribution in [2.45, 2.75) is 78.2 Å². The maximum absolute atomic E-state index is 10.5. The first-order valence-corrected chi connectivity index (χ1v) is 11.3. The maximum atomic E-state index is 10.5. The second kappa shape index (κ2) is 20.2. The Morgan fingerprint density at radius 3 is 2.17 bits per heavy atom. The highest BCUT2D eigenvalue weighted by Crippen LogP contribution is 2.20. The van der Waals surface area contributed by atoms with Gasteiger partial charge in [0.25, 0.3) is 0 Å². The first kappa shape index (κ1) is 27.9. The van der Waals surface area contributed by atoms with E-state index in [9.17, 15) is 9.90 Å². The van der Waals surface area contributed by atoms with Crippen LogP contribution in [0.4, 0.5) is 0 Å². The zero-order chi connectivity index (χ0) is 22.5. The van der Waals surface area contributed by atoms with Crippen molar-refractivity contribution in [1.82, 2.24) is 0 Å². The van der Waals surface area contributed by atoms with E-state index in [1.807, 2.05) is 36.5 Å². The molecule has 168 valence electrons. The van der Waals surface area contributed by atoms with Crippen molar-refractivity contribution in [2.75, 3.05) is 0 Å². The van der Waals surface area contributed by atoms with Gasteiger partial charge < -0.3 is 10.2 Å². The number of carbonyl (C=O) groups is 1. The van der Waals surface area contributed by atoms with Crippen LogP contribution in [0.15, 0.2) is 72.9 Å². The smallest absolute Gasteiger partial charge is 0.303 e. The summed E-state index contributed by atoms with van der Waals surface area (Å²) in [7, 11) is 0. The number of aliphatic hydroxyl groups excluding tert-OH is 1. The lowest BCUT2D eigenvalue weighted by molar-refractivity contribution is -0.136. The Kier molecular flexibility index (Phi) is 18.7. The summed E-state index contributed by atoms with van der Waals surface area (Å²) < 4.78 is 0. The Bertz CT molecular complexity index is 591. The number of carboxylic acid groups (broad SMARTS) is 1. The molecule has 0 aliphatic heterocycles. The summed E-state index contributed by atoms with van der Waals surface area (Å²) in [6.45, 7) is 6.55. The van der Waals surface area contributed by atoms with Crippen LogP contribution in [0.25, 0.3) is 0 Å². The molecule has 0 bridgehead atoms. The fraction of sp³-hybridized carbons (Fsp3) is 0.519. The van der Waals surface area contributed by atoms with Crippen molar-refractivity contribution in [3.05, 3.63) is 72.9 Å². The van der Waals surface area contributed by atoms with E-state index in [0.717, 1.165) is 32.1 Å². The van der Waals surface area contributed by atoms with Crippen LogP contribution in [0.3, 0.4) is 0 Å². The summed E-state index contributed by atoms with van der Waals surface area (Å²) in [5, 5.41) is 19.0. The number of aliphatic hydroxyl groups is 1. The van der Waals surface area contributed by atoms with Crippen molar-refractivity contribution >= 4 is 5.97 Å². The first-order chi connectivity index (χ1) is 14.5. The predicted octanol–water partition coefficient (Wildman–Crippen LogP) is 7.18. The Morgan fingerprint density at radius 2 is 1.50 bits per heavy atom. The highest BCUT2D eigenvalue weighted by molar-refractivity contribution is 5.66. The number of rotatable bonds is 17. The lowest BCUT2D eigenvalue weighted by atomic mass is 9.91. The molecule has 0 radical (unpaired) electrons. The standard InChI is InChI=1S/C27H42O3/c1-4-5-16-20-26(28)25(23-22-24(2)3)19-17-14-12-10-8-6-7-9-11-13-15-18-21-27(29)30/h5,7-10,12-17,19,24-26,28H,4,6,11,18,20-23H2,1-3H3,(H,29,30)/b9-7-,10-8-,14-12+,15-13-,16-5-,19-17+. The van der Waals surface area contributed by atoms with Crippen LogP contribution in [0, 0.1) is 11.8 Å². The molecule has 30 heavy (non-hydrogen) atoms. The summed E-state index contributed by atoms with van der Waals surface area (Å²) in [6, 6.07) is 0. The molecule has 0 aromatic carbocycles. The van der Waals surface area contributed by atoms with E-state index in [4.69, 9.17) is 5.11 Å². The van der Waals surface area contributed by atoms with Crippen LogP contribution in [-0.2, 0) is 4.79 Å². The maximum Gasteiger partial charge on any atom is 0.303 e. The van der Waals surface area contributed by atoms with Crippen LogP contribution in [0.1, 0.15) is 72.1 Å². The minimum atomic E-state index is -0.755. The molecule has 0 fully saturated rings. The Hall–Kier alpha value is -2.13. The fourth-order valence-corrected chi connectivity index (χ4v) is 2.78. The molecule has 0 rings (SSSR count). The molecule has 2 unspecified atom stereocenters. The largest absolute Gasteiger partial charge is 0.481 e. The van der Waals surface area contributed by atoms with E-state index in [0.29, 0.717) is 18.8 Å². The van der Waals surface area contributed by atoms with Gasteiger partial charge in [0.1, 0.15) is 0 Å². The number of allylic oxidation sites excluding steroid dienone is 10. The number of aliphatic carboxylic acids is 1. The van der Waals surface area contributed by atoms with Gasteiger partial charge in [-0.25, -0.2) is 0 Å². The van der Waals surface area contributed by atoms with Gasteiger partial charge in [0, 0.05) is 12.3 Å². The van der Waals surface area contributed by atoms with Gasteiger partial charge >= 0.3 is 5.97 Å². The second-order valence-corrected chi connectivity index (χ2v) is 7.86. The van der Waals surface area contributed by atoms with Crippen LogP contribution >= 0.6 is 0 Å². The molecule has 0 heterocycles. The minimum Gasteiger partial charge on any atom is -0.481 e. The zero-order valence-corrected chi connectivity index (χ0v) is 19.1. The molecule has 3 heteroatoms. The second-order valence-electron chi connectivity index (χ2n) is 7.86. The van der Waals surface area contributed by atoms with Gasteiger partial charge in [-0.1, -0.05) is 100 Å². The topological polar surface area (TPSA) is 57.5 Å². The number of hydrogen-bond donors (Lipinski definition) is 2. The molecular weight excluding hydrogens is 372 g/mol. The first-order valence-electron chi connectivity index (χ1n) is 11.3. The van der Waals surface area contributed by atoms with Gasteiger partial charge in [-0.15, -0.1) is 0 Å². The number of carboxylic acids is 1. The molecule has 0 spiro atoms. The third-order valence-electron chi connectivity index (χ3n) is 4.58. The van der Waals surface area contributed by atoms with Crippen molar-refractivity contribution < 1.29 is 15.0 Å². The molecular formula is C27H42O3. The van der Waals surface area contributed by atoms with E-state index in [1.54, 1.807) is 0 Å².